The lowest BCUT2D eigenvalue weighted by molar-refractivity contribution is -0.162. The average molecular weight is 242 g/mol. The molecule has 1 aliphatic heterocycles. The molecule has 0 unspecified atom stereocenters. The van der Waals surface area contributed by atoms with Crippen molar-refractivity contribution in [2.45, 2.75) is 38.9 Å². The molecule has 1 aliphatic rings. The molecule has 0 amide bonds. The maximum Gasteiger partial charge on any atom is 0.303 e. The largest absolute Gasteiger partial charge is 0.463 e. The summed E-state index contributed by atoms with van der Waals surface area (Å²) in [6, 6.07) is 0. The van der Waals surface area contributed by atoms with Gasteiger partial charge in [0.1, 0.15) is 18.8 Å². The van der Waals surface area contributed by atoms with Crippen LogP contribution >= 0.6 is 0 Å². The molecule has 0 radical (unpaired) electrons. The van der Waals surface area contributed by atoms with Crippen molar-refractivity contribution in [3.05, 3.63) is 12.2 Å². The molecule has 1 heterocycles. The lowest BCUT2D eigenvalue weighted by atomic mass is 10.1. The predicted octanol–water partition coefficient (Wildman–Crippen LogP) is 1.22. The Morgan fingerprint density at radius 1 is 1.29 bits per heavy atom. The summed E-state index contributed by atoms with van der Waals surface area (Å²) in [5, 5.41) is 0. The fraction of sp³-hybridized carbons (Fsp3) is 0.667. The summed E-state index contributed by atoms with van der Waals surface area (Å²) in [5.41, 5.74) is 0. The first-order valence-corrected chi connectivity index (χ1v) is 5.66. The standard InChI is InChI=1S/C12H18O5/c1-9(13)16-8-12-11(17-10(2)14)6-4-3-5-7-15-12/h3-4,11-12H,5-8H2,1-2H3/b4-3-/t11-,12-/m1/s1. The molecule has 0 aromatic heterocycles. The van der Waals surface area contributed by atoms with Crippen LogP contribution in [0.2, 0.25) is 0 Å². The van der Waals surface area contributed by atoms with Crippen LogP contribution in [-0.4, -0.2) is 37.4 Å². The van der Waals surface area contributed by atoms with Crippen LogP contribution in [0.1, 0.15) is 26.7 Å². The van der Waals surface area contributed by atoms with Gasteiger partial charge in [-0.25, -0.2) is 0 Å². The van der Waals surface area contributed by atoms with E-state index in [0.717, 1.165) is 6.42 Å². The van der Waals surface area contributed by atoms with E-state index in [1.54, 1.807) is 0 Å². The van der Waals surface area contributed by atoms with Crippen LogP contribution in [0, 0.1) is 0 Å². The average Bonchev–Trinajstić information content (AvgIpc) is 2.20. The van der Waals surface area contributed by atoms with Crippen molar-refractivity contribution in [2.24, 2.45) is 0 Å². The van der Waals surface area contributed by atoms with Gasteiger partial charge in [0.15, 0.2) is 0 Å². The normalized spacial score (nSPS) is 26.5. The van der Waals surface area contributed by atoms with Crippen LogP contribution in [-0.2, 0) is 23.8 Å². The Morgan fingerprint density at radius 3 is 2.71 bits per heavy atom. The van der Waals surface area contributed by atoms with Gasteiger partial charge in [-0.3, -0.25) is 9.59 Å². The third kappa shape index (κ3) is 5.49. The molecule has 0 N–H and O–H groups in total. The van der Waals surface area contributed by atoms with Gasteiger partial charge < -0.3 is 14.2 Å². The first-order valence-electron chi connectivity index (χ1n) is 5.66. The zero-order chi connectivity index (χ0) is 12.7. The van der Waals surface area contributed by atoms with Gasteiger partial charge in [0.2, 0.25) is 0 Å². The lowest BCUT2D eigenvalue weighted by Crippen LogP contribution is -2.37. The second-order valence-corrected chi connectivity index (χ2v) is 3.86. The number of rotatable bonds is 3. The molecule has 96 valence electrons. The van der Waals surface area contributed by atoms with E-state index in [2.05, 4.69) is 0 Å². The minimum absolute atomic E-state index is 0.112. The zero-order valence-corrected chi connectivity index (χ0v) is 10.2. The molecule has 0 spiro atoms. The Morgan fingerprint density at radius 2 is 2.06 bits per heavy atom. The third-order valence-corrected chi connectivity index (χ3v) is 2.33. The second kappa shape index (κ2) is 7.06. The van der Waals surface area contributed by atoms with E-state index in [4.69, 9.17) is 14.2 Å². The smallest absolute Gasteiger partial charge is 0.303 e. The van der Waals surface area contributed by atoms with Gasteiger partial charge in [-0.1, -0.05) is 12.2 Å². The van der Waals surface area contributed by atoms with Crippen molar-refractivity contribution in [3.63, 3.8) is 0 Å². The summed E-state index contributed by atoms with van der Waals surface area (Å²) in [4.78, 5) is 21.8. The van der Waals surface area contributed by atoms with E-state index < -0.39 is 12.2 Å². The summed E-state index contributed by atoms with van der Waals surface area (Å²) >= 11 is 0. The molecular weight excluding hydrogens is 224 g/mol. The molecule has 0 bridgehead atoms. The Labute approximate surface area is 101 Å². The predicted molar refractivity (Wildman–Crippen MR) is 60.3 cm³/mol. The lowest BCUT2D eigenvalue weighted by Gasteiger charge is -2.26. The maximum atomic E-state index is 11.0. The molecule has 0 saturated carbocycles. The Hall–Kier alpha value is -1.36. The van der Waals surface area contributed by atoms with Crippen molar-refractivity contribution >= 4 is 11.9 Å². The fourth-order valence-corrected chi connectivity index (χ4v) is 1.59. The Kier molecular flexibility index (Phi) is 5.69. The summed E-state index contributed by atoms with van der Waals surface area (Å²) < 4.78 is 15.6. The monoisotopic (exact) mass is 242 g/mol. The highest BCUT2D eigenvalue weighted by Gasteiger charge is 2.26. The summed E-state index contributed by atoms with van der Waals surface area (Å²) in [7, 11) is 0. The van der Waals surface area contributed by atoms with Crippen molar-refractivity contribution < 1.29 is 23.8 Å². The topological polar surface area (TPSA) is 61.8 Å². The van der Waals surface area contributed by atoms with E-state index in [1.807, 2.05) is 12.2 Å². The number of carbonyl (C=O) groups is 2. The number of esters is 2. The van der Waals surface area contributed by atoms with Crippen LogP contribution in [0.25, 0.3) is 0 Å². The van der Waals surface area contributed by atoms with E-state index in [1.165, 1.54) is 13.8 Å². The quantitative estimate of drug-likeness (QED) is 0.550. The van der Waals surface area contributed by atoms with Gasteiger partial charge in [-0.05, 0) is 6.42 Å². The molecule has 5 nitrogen and oxygen atoms in total. The minimum atomic E-state index is -0.400. The maximum absolute atomic E-state index is 11.0. The minimum Gasteiger partial charge on any atom is -0.463 e. The first kappa shape index (κ1) is 13.7. The molecule has 17 heavy (non-hydrogen) atoms. The summed E-state index contributed by atoms with van der Waals surface area (Å²) in [5.74, 6) is -0.729. The number of hydrogen-bond acceptors (Lipinski definition) is 5. The number of ether oxygens (including phenoxy) is 3. The number of carbonyl (C=O) groups excluding carboxylic acids is 2. The Bertz CT molecular complexity index is 297. The number of hydrogen-bond donors (Lipinski definition) is 0. The highest BCUT2D eigenvalue weighted by molar-refractivity contribution is 5.66. The molecule has 0 aliphatic carbocycles. The molecule has 0 saturated heterocycles. The second-order valence-electron chi connectivity index (χ2n) is 3.86. The van der Waals surface area contributed by atoms with Crippen LogP contribution in [0.15, 0.2) is 12.2 Å². The summed E-state index contributed by atoms with van der Waals surface area (Å²) in [6.07, 6.45) is 4.53. The molecule has 1 rings (SSSR count). The van der Waals surface area contributed by atoms with Crippen LogP contribution in [0.4, 0.5) is 0 Å². The van der Waals surface area contributed by atoms with Crippen molar-refractivity contribution in [1.29, 1.82) is 0 Å². The fourth-order valence-electron chi connectivity index (χ4n) is 1.59. The Balaban J connectivity index is 2.60. The summed E-state index contributed by atoms with van der Waals surface area (Å²) in [6.45, 7) is 3.33. The molecular formula is C12H18O5. The van der Waals surface area contributed by atoms with Gasteiger partial charge in [-0.15, -0.1) is 0 Å². The first-order chi connectivity index (χ1) is 8.09. The molecule has 2 atom stereocenters. The highest BCUT2D eigenvalue weighted by atomic mass is 16.6. The van der Waals surface area contributed by atoms with Gasteiger partial charge in [0.05, 0.1) is 6.61 Å². The van der Waals surface area contributed by atoms with Gasteiger partial charge in [-0.2, -0.15) is 0 Å². The van der Waals surface area contributed by atoms with Crippen LogP contribution in [0.3, 0.4) is 0 Å². The molecule has 0 aromatic rings. The van der Waals surface area contributed by atoms with Gasteiger partial charge in [0.25, 0.3) is 0 Å². The van der Waals surface area contributed by atoms with Gasteiger partial charge >= 0.3 is 11.9 Å². The van der Waals surface area contributed by atoms with Crippen molar-refractivity contribution in [1.82, 2.24) is 0 Å². The van der Waals surface area contributed by atoms with Crippen molar-refractivity contribution in [3.8, 4) is 0 Å². The van der Waals surface area contributed by atoms with Crippen LogP contribution in [0.5, 0.6) is 0 Å². The third-order valence-electron chi connectivity index (χ3n) is 2.33. The molecule has 0 fully saturated rings. The molecule has 5 heteroatoms. The van der Waals surface area contributed by atoms with E-state index in [0.29, 0.717) is 13.0 Å². The van der Waals surface area contributed by atoms with Gasteiger partial charge in [0, 0.05) is 20.3 Å². The highest BCUT2D eigenvalue weighted by Crippen LogP contribution is 2.14. The van der Waals surface area contributed by atoms with Crippen LogP contribution < -0.4 is 0 Å². The molecule has 0 aromatic carbocycles. The van der Waals surface area contributed by atoms with Crippen molar-refractivity contribution in [2.75, 3.05) is 13.2 Å². The van der Waals surface area contributed by atoms with E-state index in [9.17, 15) is 9.59 Å². The SMILES string of the molecule is CC(=O)OC[C@H]1OCC/C=C\C[C@H]1OC(C)=O. The zero-order valence-electron chi connectivity index (χ0n) is 10.2. The van der Waals surface area contributed by atoms with E-state index >= 15 is 0 Å². The van der Waals surface area contributed by atoms with E-state index in [-0.39, 0.29) is 18.5 Å².